The zero-order valence-corrected chi connectivity index (χ0v) is 14.2. The predicted molar refractivity (Wildman–Crippen MR) is 87.1 cm³/mol. The molecule has 0 bridgehead atoms. The zero-order chi connectivity index (χ0) is 17.3. The van der Waals surface area contributed by atoms with Crippen LogP contribution in [0.5, 0.6) is 5.75 Å². The van der Waals surface area contributed by atoms with Crippen LogP contribution in [0.3, 0.4) is 0 Å². The molecule has 1 aliphatic heterocycles. The predicted octanol–water partition coefficient (Wildman–Crippen LogP) is 2.10. The van der Waals surface area contributed by atoms with E-state index in [2.05, 4.69) is 10.3 Å². The number of aliphatic hydroxyl groups is 1. The van der Waals surface area contributed by atoms with E-state index >= 15 is 0 Å². The number of likely N-dealkylation sites (tertiary alicyclic amines) is 1. The van der Waals surface area contributed by atoms with E-state index in [0.29, 0.717) is 37.3 Å². The molecule has 1 aliphatic rings. The monoisotopic (exact) mass is 334 g/mol. The fourth-order valence-corrected chi connectivity index (χ4v) is 3.03. The highest BCUT2D eigenvalue weighted by Gasteiger charge is 2.40. The molecule has 24 heavy (non-hydrogen) atoms. The first-order valence-corrected chi connectivity index (χ1v) is 8.11. The fraction of sp³-hybridized carbons (Fsp3) is 0.529. The lowest BCUT2D eigenvalue weighted by atomic mass is 10.00. The van der Waals surface area contributed by atoms with Crippen molar-refractivity contribution in [2.45, 2.75) is 38.5 Å². The molecule has 1 aromatic carbocycles. The molecule has 0 amide bonds. The van der Waals surface area contributed by atoms with E-state index < -0.39 is 5.60 Å². The molecule has 6 nitrogen and oxygen atoms in total. The first kappa shape index (κ1) is 16.9. The molecule has 1 fully saturated rings. The van der Waals surface area contributed by atoms with E-state index in [-0.39, 0.29) is 17.6 Å². The number of β-amino-alcohol motifs (C(OH)–C–C–N with tert-alkyl or cyclic N) is 1. The van der Waals surface area contributed by atoms with Gasteiger partial charge in [-0.3, -0.25) is 4.90 Å². The van der Waals surface area contributed by atoms with E-state index in [1.165, 1.54) is 7.11 Å². The highest BCUT2D eigenvalue weighted by atomic mass is 19.1. The Balaban J connectivity index is 1.73. The molecule has 1 N–H and O–H groups in total. The van der Waals surface area contributed by atoms with Crippen LogP contribution >= 0.6 is 0 Å². The molecule has 0 spiro atoms. The second-order valence-corrected chi connectivity index (χ2v) is 6.60. The van der Waals surface area contributed by atoms with Gasteiger partial charge in [0.25, 0.3) is 0 Å². The largest absolute Gasteiger partial charge is 0.494 e. The van der Waals surface area contributed by atoms with Crippen LogP contribution in [0.25, 0.3) is 0 Å². The number of hydrogen-bond donors (Lipinski definition) is 1. The van der Waals surface area contributed by atoms with Crippen LogP contribution in [0.1, 0.15) is 37.6 Å². The average molecular weight is 334 g/mol. The quantitative estimate of drug-likeness (QED) is 0.907. The second-order valence-electron chi connectivity index (χ2n) is 6.60. The van der Waals surface area contributed by atoms with Crippen LogP contribution < -0.4 is 4.74 Å². The Morgan fingerprint density at radius 3 is 2.88 bits per heavy atom. The summed E-state index contributed by atoms with van der Waals surface area (Å²) in [6.07, 6.45) is 2.34. The third kappa shape index (κ3) is 3.14. The molecule has 0 aliphatic carbocycles. The summed E-state index contributed by atoms with van der Waals surface area (Å²) in [7, 11) is 1.45. The van der Waals surface area contributed by atoms with Gasteiger partial charge in [-0.2, -0.15) is 0 Å². The lowest BCUT2D eigenvalue weighted by molar-refractivity contribution is 0.0407. The Kier molecular flexibility index (Phi) is 4.56. The minimum Gasteiger partial charge on any atom is -0.494 e. The standard InChI is InChI=1S/C17H23FN4O2/c1-12(2)22-10-15(19-20-22)17(23)7-8-21(11-17)9-13-5-4-6-14(24-3)16(13)18/h4-6,10,12,23H,7-9,11H2,1-3H3/t17-/m0/s1. The topological polar surface area (TPSA) is 63.4 Å². The minimum absolute atomic E-state index is 0.193. The smallest absolute Gasteiger partial charge is 0.169 e. The first-order chi connectivity index (χ1) is 11.4. The molecule has 2 heterocycles. The van der Waals surface area contributed by atoms with Crippen molar-refractivity contribution in [3.8, 4) is 5.75 Å². The Bertz CT molecular complexity index is 718. The van der Waals surface area contributed by atoms with Gasteiger partial charge in [-0.25, -0.2) is 9.07 Å². The molecule has 3 rings (SSSR count). The zero-order valence-electron chi connectivity index (χ0n) is 14.2. The van der Waals surface area contributed by atoms with Crippen LogP contribution in [-0.2, 0) is 12.1 Å². The number of halogens is 1. The van der Waals surface area contributed by atoms with Gasteiger partial charge in [-0.05, 0) is 26.3 Å². The highest BCUT2D eigenvalue weighted by Crippen LogP contribution is 2.32. The van der Waals surface area contributed by atoms with Crippen LogP contribution in [0, 0.1) is 5.82 Å². The van der Waals surface area contributed by atoms with Crippen molar-refractivity contribution in [2.75, 3.05) is 20.2 Å². The minimum atomic E-state index is -1.04. The molecule has 0 saturated carbocycles. The summed E-state index contributed by atoms with van der Waals surface area (Å²) in [5.74, 6) is -0.108. The maximum atomic E-state index is 14.3. The van der Waals surface area contributed by atoms with E-state index in [4.69, 9.17) is 4.74 Å². The summed E-state index contributed by atoms with van der Waals surface area (Å²) in [5.41, 5.74) is 0.0944. The maximum Gasteiger partial charge on any atom is 0.169 e. The van der Waals surface area contributed by atoms with Gasteiger partial charge in [-0.15, -0.1) is 5.10 Å². The molecule has 1 atom stereocenters. The second kappa shape index (κ2) is 6.49. The van der Waals surface area contributed by atoms with Crippen LogP contribution in [0.2, 0.25) is 0 Å². The molecule has 7 heteroatoms. The van der Waals surface area contributed by atoms with E-state index in [1.807, 2.05) is 18.7 Å². The first-order valence-electron chi connectivity index (χ1n) is 8.11. The molecular formula is C17H23FN4O2. The summed E-state index contributed by atoms with van der Waals surface area (Å²) < 4.78 is 21.0. The third-order valence-corrected chi connectivity index (χ3v) is 4.50. The van der Waals surface area contributed by atoms with Crippen molar-refractivity contribution < 1.29 is 14.2 Å². The van der Waals surface area contributed by atoms with Gasteiger partial charge in [0.2, 0.25) is 0 Å². The normalized spacial score (nSPS) is 21.6. The van der Waals surface area contributed by atoms with Crippen molar-refractivity contribution in [3.05, 3.63) is 41.5 Å². The number of ether oxygens (including phenoxy) is 1. The van der Waals surface area contributed by atoms with Gasteiger partial charge >= 0.3 is 0 Å². The van der Waals surface area contributed by atoms with E-state index in [9.17, 15) is 9.50 Å². The number of benzene rings is 1. The summed E-state index contributed by atoms with van der Waals surface area (Å²) in [6.45, 7) is 5.51. The van der Waals surface area contributed by atoms with E-state index in [1.54, 1.807) is 29.1 Å². The number of aromatic nitrogens is 3. The van der Waals surface area contributed by atoms with Gasteiger partial charge in [-0.1, -0.05) is 17.3 Å². The van der Waals surface area contributed by atoms with Crippen LogP contribution in [-0.4, -0.2) is 45.2 Å². The third-order valence-electron chi connectivity index (χ3n) is 4.50. The van der Waals surface area contributed by atoms with Gasteiger partial charge in [0.1, 0.15) is 11.3 Å². The lowest BCUT2D eigenvalue weighted by Crippen LogP contribution is -2.31. The summed E-state index contributed by atoms with van der Waals surface area (Å²) in [4.78, 5) is 2.02. The fourth-order valence-electron chi connectivity index (χ4n) is 3.03. The maximum absolute atomic E-state index is 14.3. The molecule has 1 aromatic heterocycles. The molecule has 0 radical (unpaired) electrons. The highest BCUT2D eigenvalue weighted by molar-refractivity contribution is 5.31. The van der Waals surface area contributed by atoms with Crippen LogP contribution in [0.15, 0.2) is 24.4 Å². The summed E-state index contributed by atoms with van der Waals surface area (Å²) in [5, 5.41) is 19.1. The summed E-state index contributed by atoms with van der Waals surface area (Å²) >= 11 is 0. The van der Waals surface area contributed by atoms with Crippen molar-refractivity contribution in [2.24, 2.45) is 0 Å². The number of methoxy groups -OCH3 is 1. The lowest BCUT2D eigenvalue weighted by Gasteiger charge is -2.21. The summed E-state index contributed by atoms with van der Waals surface area (Å²) in [6, 6.07) is 5.31. The van der Waals surface area contributed by atoms with Gasteiger partial charge in [0, 0.05) is 31.2 Å². The number of hydrogen-bond acceptors (Lipinski definition) is 5. The Labute approximate surface area is 140 Å². The van der Waals surface area contributed by atoms with Crippen molar-refractivity contribution in [1.29, 1.82) is 0 Å². The number of nitrogens with zero attached hydrogens (tertiary/aromatic N) is 4. The van der Waals surface area contributed by atoms with Crippen LogP contribution in [0.4, 0.5) is 4.39 Å². The van der Waals surface area contributed by atoms with Gasteiger partial charge in [0.15, 0.2) is 11.6 Å². The van der Waals surface area contributed by atoms with Crippen molar-refractivity contribution in [1.82, 2.24) is 19.9 Å². The van der Waals surface area contributed by atoms with Crippen molar-refractivity contribution >= 4 is 0 Å². The van der Waals surface area contributed by atoms with Gasteiger partial charge in [0.05, 0.1) is 13.3 Å². The Morgan fingerprint density at radius 2 is 2.21 bits per heavy atom. The Hall–Kier alpha value is -1.99. The van der Waals surface area contributed by atoms with E-state index in [0.717, 1.165) is 0 Å². The molecule has 130 valence electrons. The number of rotatable bonds is 5. The molecular weight excluding hydrogens is 311 g/mol. The van der Waals surface area contributed by atoms with Crippen molar-refractivity contribution in [3.63, 3.8) is 0 Å². The Morgan fingerprint density at radius 1 is 1.42 bits per heavy atom. The molecule has 0 unspecified atom stereocenters. The van der Waals surface area contributed by atoms with Gasteiger partial charge < -0.3 is 9.84 Å². The average Bonchev–Trinajstić information content (AvgIpc) is 3.18. The molecule has 2 aromatic rings. The SMILES string of the molecule is COc1cccc(CN2CC[C@@](O)(c3cn(C(C)C)nn3)C2)c1F. The molecule has 1 saturated heterocycles.